The molecule has 1 heterocycles. The van der Waals surface area contributed by atoms with Crippen LogP contribution in [0.15, 0.2) is 24.5 Å². The zero-order valence-electron chi connectivity index (χ0n) is 13.6. The number of aromatic nitrogens is 1. The molecule has 23 heavy (non-hydrogen) atoms. The molecule has 2 N–H and O–H groups in total. The van der Waals surface area contributed by atoms with Gasteiger partial charge in [-0.15, -0.1) is 0 Å². The first kappa shape index (κ1) is 18.4. The van der Waals surface area contributed by atoms with Crippen LogP contribution in [0, 0.1) is 0 Å². The zero-order chi connectivity index (χ0) is 17.5. The molecule has 1 unspecified atom stereocenters. The van der Waals surface area contributed by atoms with Crippen molar-refractivity contribution in [3.8, 4) is 0 Å². The van der Waals surface area contributed by atoms with Gasteiger partial charge in [-0.3, -0.25) is 14.6 Å². The van der Waals surface area contributed by atoms with E-state index >= 15 is 0 Å². The van der Waals surface area contributed by atoms with Crippen molar-refractivity contribution in [1.29, 1.82) is 0 Å². The van der Waals surface area contributed by atoms with E-state index in [0.29, 0.717) is 5.69 Å². The van der Waals surface area contributed by atoms with Gasteiger partial charge in [0, 0.05) is 6.20 Å². The number of carbonyl (C=O) groups excluding carboxylic acids is 3. The van der Waals surface area contributed by atoms with Crippen LogP contribution < -0.4 is 10.6 Å². The first-order valence-corrected chi connectivity index (χ1v) is 6.98. The molecule has 0 fully saturated rings. The van der Waals surface area contributed by atoms with Gasteiger partial charge in [-0.05, 0) is 32.9 Å². The van der Waals surface area contributed by atoms with Crippen LogP contribution in [-0.4, -0.2) is 41.7 Å². The van der Waals surface area contributed by atoms with E-state index in [4.69, 9.17) is 4.74 Å². The molecule has 126 valence electrons. The SMILES string of the molecule is COC(=O)CC(NC(=O)OC(C)(C)C)C(=O)Nc1cccnc1. The van der Waals surface area contributed by atoms with Gasteiger partial charge in [-0.1, -0.05) is 0 Å². The summed E-state index contributed by atoms with van der Waals surface area (Å²) in [6, 6.07) is 2.15. The molecule has 1 aromatic heterocycles. The summed E-state index contributed by atoms with van der Waals surface area (Å²) in [5, 5.41) is 4.92. The van der Waals surface area contributed by atoms with Gasteiger partial charge in [0.1, 0.15) is 11.6 Å². The summed E-state index contributed by atoms with van der Waals surface area (Å²) in [4.78, 5) is 39.4. The summed E-state index contributed by atoms with van der Waals surface area (Å²) < 4.78 is 9.63. The van der Waals surface area contributed by atoms with E-state index in [1.54, 1.807) is 39.1 Å². The van der Waals surface area contributed by atoms with Gasteiger partial charge < -0.3 is 20.1 Å². The van der Waals surface area contributed by atoms with Crippen LogP contribution in [0.3, 0.4) is 0 Å². The number of anilines is 1. The standard InChI is InChI=1S/C15H21N3O5/c1-15(2,3)23-14(21)18-11(8-12(19)22-4)13(20)17-10-6-5-7-16-9-10/h5-7,9,11H,8H2,1-4H3,(H,17,20)(H,18,21). The van der Waals surface area contributed by atoms with Crippen LogP contribution in [0.5, 0.6) is 0 Å². The number of nitrogens with one attached hydrogen (secondary N) is 2. The Morgan fingerprint density at radius 1 is 1.30 bits per heavy atom. The summed E-state index contributed by atoms with van der Waals surface area (Å²) in [5.41, 5.74) is -0.280. The topological polar surface area (TPSA) is 107 Å². The van der Waals surface area contributed by atoms with Crippen molar-refractivity contribution in [2.75, 3.05) is 12.4 Å². The average Bonchev–Trinajstić information content (AvgIpc) is 2.45. The molecular formula is C15H21N3O5. The normalized spacial score (nSPS) is 12.0. The molecule has 8 nitrogen and oxygen atoms in total. The number of ether oxygens (including phenoxy) is 2. The first-order chi connectivity index (χ1) is 10.7. The molecule has 0 aliphatic carbocycles. The van der Waals surface area contributed by atoms with Crippen molar-refractivity contribution in [3.63, 3.8) is 0 Å². The maximum absolute atomic E-state index is 12.2. The van der Waals surface area contributed by atoms with E-state index < -0.39 is 29.6 Å². The minimum atomic E-state index is -1.13. The predicted molar refractivity (Wildman–Crippen MR) is 82.7 cm³/mol. The second-order valence-electron chi connectivity index (χ2n) is 5.71. The lowest BCUT2D eigenvalue weighted by Gasteiger charge is -2.22. The van der Waals surface area contributed by atoms with Gasteiger partial charge in [0.05, 0.1) is 25.4 Å². The molecule has 0 saturated carbocycles. The molecule has 0 bridgehead atoms. The number of rotatable bonds is 5. The lowest BCUT2D eigenvalue weighted by Crippen LogP contribution is -2.47. The number of nitrogens with zero attached hydrogens (tertiary/aromatic N) is 1. The van der Waals surface area contributed by atoms with Crippen molar-refractivity contribution in [2.45, 2.75) is 38.8 Å². The minimum absolute atomic E-state index is 0.318. The molecule has 1 rings (SSSR count). The Morgan fingerprint density at radius 2 is 2.00 bits per heavy atom. The summed E-state index contributed by atoms with van der Waals surface area (Å²) in [6.45, 7) is 5.08. The lowest BCUT2D eigenvalue weighted by molar-refractivity contribution is -0.142. The second kappa shape index (κ2) is 8.11. The van der Waals surface area contributed by atoms with Gasteiger partial charge >= 0.3 is 12.1 Å². The first-order valence-electron chi connectivity index (χ1n) is 6.98. The molecule has 2 amide bonds. The molecule has 0 aliphatic rings. The molecular weight excluding hydrogens is 302 g/mol. The molecule has 8 heteroatoms. The highest BCUT2D eigenvalue weighted by Crippen LogP contribution is 2.09. The molecule has 0 aromatic carbocycles. The fourth-order valence-corrected chi connectivity index (χ4v) is 1.58. The van der Waals surface area contributed by atoms with E-state index in [0.717, 1.165) is 0 Å². The number of pyridine rings is 1. The Bertz CT molecular complexity index is 554. The van der Waals surface area contributed by atoms with E-state index in [-0.39, 0.29) is 6.42 Å². The fourth-order valence-electron chi connectivity index (χ4n) is 1.58. The molecule has 0 spiro atoms. The molecule has 0 radical (unpaired) electrons. The Hall–Kier alpha value is -2.64. The van der Waals surface area contributed by atoms with Gasteiger partial charge in [-0.2, -0.15) is 0 Å². The fraction of sp³-hybridized carbons (Fsp3) is 0.467. The van der Waals surface area contributed by atoms with Crippen molar-refractivity contribution < 1.29 is 23.9 Å². The maximum atomic E-state index is 12.2. The molecule has 1 aromatic rings. The number of alkyl carbamates (subject to hydrolysis) is 1. The average molecular weight is 323 g/mol. The summed E-state index contributed by atoms with van der Waals surface area (Å²) in [5.74, 6) is -1.21. The van der Waals surface area contributed by atoms with Crippen molar-refractivity contribution in [2.24, 2.45) is 0 Å². The number of hydrogen-bond acceptors (Lipinski definition) is 6. The molecule has 1 atom stereocenters. The van der Waals surface area contributed by atoms with Crippen LogP contribution in [-0.2, 0) is 19.1 Å². The van der Waals surface area contributed by atoms with Crippen LogP contribution >= 0.6 is 0 Å². The number of methoxy groups -OCH3 is 1. The number of esters is 1. The third-order valence-corrected chi connectivity index (χ3v) is 2.53. The molecule has 0 aliphatic heterocycles. The lowest BCUT2D eigenvalue weighted by atomic mass is 10.2. The van der Waals surface area contributed by atoms with Crippen LogP contribution in [0.25, 0.3) is 0 Å². The Morgan fingerprint density at radius 3 is 2.52 bits per heavy atom. The Balaban J connectivity index is 2.76. The van der Waals surface area contributed by atoms with Gasteiger partial charge in [0.15, 0.2) is 0 Å². The van der Waals surface area contributed by atoms with Crippen LogP contribution in [0.2, 0.25) is 0 Å². The van der Waals surface area contributed by atoms with Crippen molar-refractivity contribution in [1.82, 2.24) is 10.3 Å². The molecule has 0 saturated heterocycles. The summed E-state index contributed by atoms with van der Waals surface area (Å²) in [6.07, 6.45) is 1.89. The summed E-state index contributed by atoms with van der Waals surface area (Å²) >= 11 is 0. The number of amides is 2. The zero-order valence-corrected chi connectivity index (χ0v) is 13.6. The van der Waals surface area contributed by atoms with Crippen LogP contribution in [0.1, 0.15) is 27.2 Å². The van der Waals surface area contributed by atoms with Gasteiger partial charge in [0.2, 0.25) is 5.91 Å². The van der Waals surface area contributed by atoms with Crippen molar-refractivity contribution in [3.05, 3.63) is 24.5 Å². The van der Waals surface area contributed by atoms with Gasteiger partial charge in [0.25, 0.3) is 0 Å². The number of hydrogen-bond donors (Lipinski definition) is 2. The highest BCUT2D eigenvalue weighted by molar-refractivity contribution is 5.98. The van der Waals surface area contributed by atoms with Gasteiger partial charge in [-0.25, -0.2) is 4.79 Å². The highest BCUT2D eigenvalue weighted by atomic mass is 16.6. The third kappa shape index (κ3) is 7.25. The van der Waals surface area contributed by atoms with E-state index in [1.807, 2.05) is 0 Å². The van der Waals surface area contributed by atoms with E-state index in [2.05, 4.69) is 20.4 Å². The second-order valence-corrected chi connectivity index (χ2v) is 5.71. The third-order valence-electron chi connectivity index (χ3n) is 2.53. The van der Waals surface area contributed by atoms with Crippen molar-refractivity contribution >= 4 is 23.7 Å². The minimum Gasteiger partial charge on any atom is -0.469 e. The van der Waals surface area contributed by atoms with E-state index in [1.165, 1.54) is 13.3 Å². The largest absolute Gasteiger partial charge is 0.469 e. The summed E-state index contributed by atoms with van der Waals surface area (Å²) in [7, 11) is 1.20. The smallest absolute Gasteiger partial charge is 0.408 e. The maximum Gasteiger partial charge on any atom is 0.408 e. The predicted octanol–water partition coefficient (Wildman–Crippen LogP) is 1.48. The van der Waals surface area contributed by atoms with E-state index in [9.17, 15) is 14.4 Å². The monoisotopic (exact) mass is 323 g/mol. The quantitative estimate of drug-likeness (QED) is 0.795. The number of carbonyl (C=O) groups is 3. The Kier molecular flexibility index (Phi) is 6.49. The Labute approximate surface area is 134 Å². The van der Waals surface area contributed by atoms with Crippen LogP contribution in [0.4, 0.5) is 10.5 Å². The highest BCUT2D eigenvalue weighted by Gasteiger charge is 2.27.